The maximum Gasteiger partial charge on any atom is 0.267 e. The summed E-state index contributed by atoms with van der Waals surface area (Å²) in [5.41, 5.74) is 0.885. The minimum Gasteiger partial charge on any atom is -0.300 e. The van der Waals surface area contributed by atoms with Crippen LogP contribution in [0.3, 0.4) is 0 Å². The third kappa shape index (κ3) is 3.92. The summed E-state index contributed by atoms with van der Waals surface area (Å²) in [6, 6.07) is 6.31. The van der Waals surface area contributed by atoms with Crippen LogP contribution in [-0.4, -0.2) is 20.7 Å². The normalized spacial score (nSPS) is 13.6. The highest BCUT2D eigenvalue weighted by Crippen LogP contribution is 2.38. The van der Waals surface area contributed by atoms with E-state index >= 15 is 0 Å². The molecule has 1 N–H and O–H groups in total. The number of halogens is 2. The summed E-state index contributed by atoms with van der Waals surface area (Å²) in [7, 11) is 0. The number of nitrogens with zero attached hydrogens (tertiary/aromatic N) is 3. The minimum absolute atomic E-state index is 0.142. The van der Waals surface area contributed by atoms with E-state index in [-0.39, 0.29) is 22.8 Å². The summed E-state index contributed by atoms with van der Waals surface area (Å²) in [5.74, 6) is -1.50. The van der Waals surface area contributed by atoms with Crippen LogP contribution >= 0.6 is 11.3 Å². The van der Waals surface area contributed by atoms with Gasteiger partial charge in [-0.3, -0.25) is 9.59 Å². The van der Waals surface area contributed by atoms with Crippen molar-refractivity contribution in [2.24, 2.45) is 0 Å². The van der Waals surface area contributed by atoms with Crippen LogP contribution in [0.15, 0.2) is 40.5 Å². The molecule has 0 bridgehead atoms. The highest BCUT2D eigenvalue weighted by molar-refractivity contribution is 7.14. The van der Waals surface area contributed by atoms with Crippen molar-refractivity contribution in [1.82, 2.24) is 14.8 Å². The van der Waals surface area contributed by atoms with Crippen molar-refractivity contribution in [2.75, 3.05) is 5.32 Å². The highest BCUT2D eigenvalue weighted by atomic mass is 32.1. The van der Waals surface area contributed by atoms with Gasteiger partial charge in [0.15, 0.2) is 5.13 Å². The van der Waals surface area contributed by atoms with Crippen LogP contribution in [-0.2, 0) is 11.3 Å². The van der Waals surface area contributed by atoms with E-state index in [1.165, 1.54) is 12.1 Å². The fourth-order valence-electron chi connectivity index (χ4n) is 2.62. The quantitative estimate of drug-likeness (QED) is 0.728. The second kappa shape index (κ2) is 6.99. The number of benzene rings is 1. The lowest BCUT2D eigenvalue weighted by Gasteiger charge is -2.06. The molecule has 0 aliphatic heterocycles. The molecule has 0 saturated heterocycles. The molecule has 138 valence electrons. The number of aromatic nitrogens is 3. The fraction of sp³-hybridized carbons (Fsp3) is 0.222. The number of thiazole rings is 1. The van der Waals surface area contributed by atoms with Gasteiger partial charge >= 0.3 is 0 Å². The lowest BCUT2D eigenvalue weighted by atomic mass is 10.1. The lowest BCUT2D eigenvalue weighted by molar-refractivity contribution is -0.117. The number of hydrogen-bond acceptors (Lipinski definition) is 5. The van der Waals surface area contributed by atoms with Crippen molar-refractivity contribution in [1.29, 1.82) is 0 Å². The maximum absolute atomic E-state index is 13.8. The Bertz CT molecular complexity index is 1080. The summed E-state index contributed by atoms with van der Waals surface area (Å²) >= 11 is 1.11. The Balaban J connectivity index is 1.47. The van der Waals surface area contributed by atoms with Gasteiger partial charge in [0.1, 0.15) is 18.2 Å². The zero-order valence-electron chi connectivity index (χ0n) is 14.0. The molecular formula is C18H14F2N4O2S. The molecule has 0 radical (unpaired) electrons. The monoisotopic (exact) mass is 388 g/mol. The molecule has 0 atom stereocenters. The molecule has 2 aromatic heterocycles. The van der Waals surface area contributed by atoms with E-state index in [1.807, 2.05) is 0 Å². The molecule has 1 aliphatic carbocycles. The highest BCUT2D eigenvalue weighted by Gasteiger charge is 2.25. The number of carbonyl (C=O) groups excluding carboxylic acids is 1. The van der Waals surface area contributed by atoms with Gasteiger partial charge in [0, 0.05) is 29.0 Å². The van der Waals surface area contributed by atoms with Gasteiger partial charge in [-0.05, 0) is 31.0 Å². The summed E-state index contributed by atoms with van der Waals surface area (Å²) in [4.78, 5) is 28.3. The predicted octanol–water partition coefficient (Wildman–Crippen LogP) is 3.16. The van der Waals surface area contributed by atoms with Gasteiger partial charge in [-0.15, -0.1) is 11.3 Å². The van der Waals surface area contributed by atoms with E-state index in [4.69, 9.17) is 0 Å². The van der Waals surface area contributed by atoms with E-state index in [1.54, 1.807) is 11.4 Å². The number of nitrogens with one attached hydrogen (secondary N) is 1. The van der Waals surface area contributed by atoms with E-state index < -0.39 is 17.5 Å². The number of amides is 1. The SMILES string of the molecule is O=C(Cn1nc(C2CC2)ccc1=O)Nc1nc(-c2ccc(F)cc2F)cs1. The Kier molecular flexibility index (Phi) is 4.53. The fourth-order valence-corrected chi connectivity index (χ4v) is 3.35. The van der Waals surface area contributed by atoms with Gasteiger partial charge < -0.3 is 5.32 Å². The molecule has 0 spiro atoms. The second-order valence-electron chi connectivity index (χ2n) is 6.24. The smallest absolute Gasteiger partial charge is 0.267 e. The van der Waals surface area contributed by atoms with Crippen molar-refractivity contribution < 1.29 is 13.6 Å². The summed E-state index contributed by atoms with van der Waals surface area (Å²) in [5, 5.41) is 8.62. The molecule has 1 aromatic carbocycles. The molecule has 2 heterocycles. The molecule has 27 heavy (non-hydrogen) atoms. The number of hydrogen-bond donors (Lipinski definition) is 1. The summed E-state index contributed by atoms with van der Waals surface area (Å²) in [6.07, 6.45) is 2.08. The van der Waals surface area contributed by atoms with Crippen LogP contribution in [0.25, 0.3) is 11.3 Å². The van der Waals surface area contributed by atoms with Crippen LogP contribution in [0.5, 0.6) is 0 Å². The van der Waals surface area contributed by atoms with Crippen molar-refractivity contribution in [3.63, 3.8) is 0 Å². The van der Waals surface area contributed by atoms with Crippen LogP contribution in [0.2, 0.25) is 0 Å². The summed E-state index contributed by atoms with van der Waals surface area (Å²) in [6.45, 7) is -0.237. The molecule has 0 unspecified atom stereocenters. The first-order valence-electron chi connectivity index (χ1n) is 8.28. The summed E-state index contributed by atoms with van der Waals surface area (Å²) < 4.78 is 28.0. The zero-order chi connectivity index (χ0) is 19.0. The van der Waals surface area contributed by atoms with Crippen LogP contribution in [0.4, 0.5) is 13.9 Å². The molecule has 1 aliphatic rings. The van der Waals surface area contributed by atoms with Crippen molar-refractivity contribution in [3.05, 3.63) is 63.4 Å². The van der Waals surface area contributed by atoms with Gasteiger partial charge in [-0.25, -0.2) is 18.4 Å². The average Bonchev–Trinajstić information content (AvgIpc) is 3.37. The van der Waals surface area contributed by atoms with Gasteiger partial charge in [0.2, 0.25) is 5.91 Å². The third-order valence-corrected chi connectivity index (χ3v) is 4.89. The van der Waals surface area contributed by atoms with Gasteiger partial charge in [0.25, 0.3) is 5.56 Å². The maximum atomic E-state index is 13.8. The van der Waals surface area contributed by atoms with E-state index in [9.17, 15) is 18.4 Å². The molecular weight excluding hydrogens is 374 g/mol. The largest absolute Gasteiger partial charge is 0.300 e. The molecule has 1 saturated carbocycles. The van der Waals surface area contributed by atoms with Gasteiger partial charge in [-0.2, -0.15) is 5.10 Å². The minimum atomic E-state index is -0.731. The van der Waals surface area contributed by atoms with E-state index in [0.29, 0.717) is 11.6 Å². The van der Waals surface area contributed by atoms with Crippen LogP contribution < -0.4 is 10.9 Å². The van der Waals surface area contributed by atoms with E-state index in [2.05, 4.69) is 15.4 Å². The van der Waals surface area contributed by atoms with Crippen molar-refractivity contribution in [2.45, 2.75) is 25.3 Å². The first kappa shape index (κ1) is 17.5. The third-order valence-electron chi connectivity index (χ3n) is 4.13. The molecule has 9 heteroatoms. The molecule has 1 amide bonds. The Hall–Kier alpha value is -2.94. The average molecular weight is 388 g/mol. The van der Waals surface area contributed by atoms with Crippen LogP contribution in [0.1, 0.15) is 24.5 Å². The molecule has 6 nitrogen and oxygen atoms in total. The second-order valence-corrected chi connectivity index (χ2v) is 7.10. The predicted molar refractivity (Wildman–Crippen MR) is 96.6 cm³/mol. The van der Waals surface area contributed by atoms with Gasteiger partial charge in [0.05, 0.1) is 11.4 Å². The van der Waals surface area contributed by atoms with Crippen LogP contribution in [0, 0.1) is 11.6 Å². The Morgan fingerprint density at radius 3 is 2.81 bits per heavy atom. The Morgan fingerprint density at radius 2 is 2.07 bits per heavy atom. The standard InChI is InChI=1S/C18H14F2N4O2S/c19-11-3-4-12(13(20)7-11)15-9-27-18(21-15)22-16(25)8-24-17(26)6-5-14(23-24)10-1-2-10/h3-7,9-10H,1-2,8H2,(H,21,22,25). The molecule has 3 aromatic rings. The lowest BCUT2D eigenvalue weighted by Crippen LogP contribution is -2.29. The molecule has 4 rings (SSSR count). The van der Waals surface area contributed by atoms with Crippen molar-refractivity contribution in [3.8, 4) is 11.3 Å². The number of rotatable bonds is 5. The Labute approximate surface area is 156 Å². The van der Waals surface area contributed by atoms with E-state index in [0.717, 1.165) is 46.7 Å². The first-order valence-corrected chi connectivity index (χ1v) is 9.16. The Morgan fingerprint density at radius 1 is 1.26 bits per heavy atom. The van der Waals surface area contributed by atoms with Gasteiger partial charge in [-0.1, -0.05) is 0 Å². The van der Waals surface area contributed by atoms with Crippen molar-refractivity contribution >= 4 is 22.4 Å². The first-order chi connectivity index (χ1) is 13.0. The molecule has 1 fully saturated rings. The zero-order valence-corrected chi connectivity index (χ0v) is 14.8. The number of carbonyl (C=O) groups is 1. The number of anilines is 1. The topological polar surface area (TPSA) is 76.9 Å².